The van der Waals surface area contributed by atoms with Gasteiger partial charge in [0, 0.05) is 35.2 Å². The van der Waals surface area contributed by atoms with Crippen LogP contribution in [0, 0.1) is 12.8 Å². The average Bonchev–Trinajstić information content (AvgIpc) is 3.12. The minimum atomic E-state index is -0.181. The van der Waals surface area contributed by atoms with Crippen LogP contribution in [0.2, 0.25) is 0 Å². The van der Waals surface area contributed by atoms with Crippen molar-refractivity contribution < 1.29 is 14.3 Å². The minimum absolute atomic E-state index is 0.0251. The maximum absolute atomic E-state index is 11.9. The first-order valence-electron chi connectivity index (χ1n) is 6.71. The average molecular weight is 296 g/mol. The van der Waals surface area contributed by atoms with Crippen molar-refractivity contribution in [1.82, 2.24) is 10.6 Å². The molecule has 0 unspecified atom stereocenters. The molecule has 0 spiro atoms. The molecule has 0 aromatic carbocycles. The quantitative estimate of drug-likeness (QED) is 0.739. The van der Waals surface area contributed by atoms with Crippen LogP contribution in [0.4, 0.5) is 0 Å². The molecule has 1 fully saturated rings. The van der Waals surface area contributed by atoms with Crippen molar-refractivity contribution in [3.05, 3.63) is 21.9 Å². The van der Waals surface area contributed by atoms with Gasteiger partial charge in [0.05, 0.1) is 13.2 Å². The molecule has 5 nitrogen and oxygen atoms in total. The van der Waals surface area contributed by atoms with Crippen LogP contribution < -0.4 is 10.6 Å². The number of amides is 2. The van der Waals surface area contributed by atoms with E-state index in [1.807, 2.05) is 0 Å². The van der Waals surface area contributed by atoms with Crippen molar-refractivity contribution in [2.24, 2.45) is 5.92 Å². The highest BCUT2D eigenvalue weighted by molar-refractivity contribution is 7.12. The van der Waals surface area contributed by atoms with E-state index in [9.17, 15) is 9.59 Å². The summed E-state index contributed by atoms with van der Waals surface area (Å²) in [4.78, 5) is 25.9. The monoisotopic (exact) mass is 296 g/mol. The number of carbonyl (C=O) groups excluding carboxylic acids is 2. The molecule has 2 rings (SSSR count). The topological polar surface area (TPSA) is 67.4 Å². The van der Waals surface area contributed by atoms with Gasteiger partial charge in [-0.15, -0.1) is 11.3 Å². The second kappa shape index (κ2) is 6.85. The SMILES string of the molecule is COCCNC(=O)CNC(=O)[C@H]1C[C@@H]1c1ccc(C)s1. The van der Waals surface area contributed by atoms with Gasteiger partial charge in [0.15, 0.2) is 0 Å². The number of hydrogen-bond acceptors (Lipinski definition) is 4. The van der Waals surface area contributed by atoms with Crippen LogP contribution in [0.3, 0.4) is 0 Å². The third-order valence-electron chi connectivity index (χ3n) is 3.31. The Morgan fingerprint density at radius 1 is 1.40 bits per heavy atom. The maximum Gasteiger partial charge on any atom is 0.239 e. The Hall–Kier alpha value is -1.40. The summed E-state index contributed by atoms with van der Waals surface area (Å²) in [6, 6.07) is 4.17. The molecule has 2 N–H and O–H groups in total. The molecule has 20 heavy (non-hydrogen) atoms. The molecule has 110 valence electrons. The highest BCUT2D eigenvalue weighted by Crippen LogP contribution is 2.49. The zero-order valence-electron chi connectivity index (χ0n) is 11.8. The molecule has 1 aromatic rings. The molecule has 0 bridgehead atoms. The first kappa shape index (κ1) is 15.0. The van der Waals surface area contributed by atoms with Crippen LogP contribution in [0.25, 0.3) is 0 Å². The van der Waals surface area contributed by atoms with Gasteiger partial charge in [-0.1, -0.05) is 0 Å². The number of ether oxygens (including phenoxy) is 1. The number of nitrogens with one attached hydrogen (secondary N) is 2. The highest BCUT2D eigenvalue weighted by Gasteiger charge is 2.44. The smallest absolute Gasteiger partial charge is 0.239 e. The van der Waals surface area contributed by atoms with Crippen LogP contribution >= 0.6 is 11.3 Å². The van der Waals surface area contributed by atoms with Crippen molar-refractivity contribution in [3.8, 4) is 0 Å². The number of rotatable bonds is 7. The van der Waals surface area contributed by atoms with Crippen LogP contribution in [0.15, 0.2) is 12.1 Å². The Bertz CT molecular complexity index is 487. The maximum atomic E-state index is 11.9. The van der Waals surface area contributed by atoms with Gasteiger partial charge in [0.1, 0.15) is 0 Å². The van der Waals surface area contributed by atoms with Gasteiger partial charge in [-0.2, -0.15) is 0 Å². The third kappa shape index (κ3) is 4.05. The van der Waals surface area contributed by atoms with Gasteiger partial charge in [-0.25, -0.2) is 0 Å². The second-order valence-corrected chi connectivity index (χ2v) is 6.28. The number of methoxy groups -OCH3 is 1. The van der Waals surface area contributed by atoms with Crippen LogP contribution in [0.1, 0.15) is 22.1 Å². The fraction of sp³-hybridized carbons (Fsp3) is 0.571. The van der Waals surface area contributed by atoms with E-state index in [1.54, 1.807) is 18.4 Å². The van der Waals surface area contributed by atoms with E-state index in [0.717, 1.165) is 6.42 Å². The largest absolute Gasteiger partial charge is 0.383 e. The standard InChI is InChI=1S/C14H20N2O3S/c1-9-3-4-12(20-9)10-7-11(10)14(18)16-8-13(17)15-5-6-19-2/h3-4,10-11H,5-8H2,1-2H3,(H,15,17)(H,16,18)/t10-,11-/m0/s1. The van der Waals surface area contributed by atoms with E-state index in [1.165, 1.54) is 9.75 Å². The van der Waals surface area contributed by atoms with Gasteiger partial charge < -0.3 is 15.4 Å². The molecule has 1 saturated carbocycles. The lowest BCUT2D eigenvalue weighted by Gasteiger charge is -2.06. The summed E-state index contributed by atoms with van der Waals surface area (Å²) in [5, 5.41) is 5.36. The van der Waals surface area contributed by atoms with Gasteiger partial charge in [0.25, 0.3) is 0 Å². The summed E-state index contributed by atoms with van der Waals surface area (Å²) < 4.78 is 4.83. The van der Waals surface area contributed by atoms with Crippen molar-refractivity contribution in [3.63, 3.8) is 0 Å². The number of aryl methyl sites for hydroxylation is 1. The summed E-state index contributed by atoms with van der Waals surface area (Å²) in [5.41, 5.74) is 0. The highest BCUT2D eigenvalue weighted by atomic mass is 32.1. The predicted octanol–water partition coefficient (Wildman–Crippen LogP) is 1.04. The van der Waals surface area contributed by atoms with E-state index in [0.29, 0.717) is 19.1 Å². The van der Waals surface area contributed by atoms with Crippen LogP contribution in [-0.2, 0) is 14.3 Å². The number of hydrogen-bond donors (Lipinski definition) is 2. The molecule has 6 heteroatoms. The minimum Gasteiger partial charge on any atom is -0.383 e. The first-order valence-corrected chi connectivity index (χ1v) is 7.53. The molecule has 1 heterocycles. The predicted molar refractivity (Wildman–Crippen MR) is 77.8 cm³/mol. The molecule has 0 aliphatic heterocycles. The van der Waals surface area contributed by atoms with E-state index in [4.69, 9.17) is 4.74 Å². The summed E-state index contributed by atoms with van der Waals surface area (Å²) in [7, 11) is 1.58. The summed E-state index contributed by atoms with van der Waals surface area (Å²) in [6.45, 7) is 3.04. The van der Waals surface area contributed by atoms with Gasteiger partial charge in [-0.05, 0) is 25.5 Å². The molecular weight excluding hydrogens is 276 g/mol. The Morgan fingerprint density at radius 3 is 2.85 bits per heavy atom. The van der Waals surface area contributed by atoms with Gasteiger partial charge in [0.2, 0.25) is 11.8 Å². The zero-order valence-corrected chi connectivity index (χ0v) is 12.6. The van der Waals surface area contributed by atoms with E-state index >= 15 is 0 Å². The molecule has 1 aromatic heterocycles. The summed E-state index contributed by atoms with van der Waals surface area (Å²) in [5.74, 6) is 0.160. The fourth-order valence-electron chi connectivity index (χ4n) is 2.11. The molecule has 2 atom stereocenters. The Morgan fingerprint density at radius 2 is 2.20 bits per heavy atom. The normalized spacial score (nSPS) is 20.5. The molecule has 0 radical (unpaired) electrons. The Kier molecular flexibility index (Phi) is 5.14. The van der Waals surface area contributed by atoms with E-state index < -0.39 is 0 Å². The lowest BCUT2D eigenvalue weighted by Crippen LogP contribution is -2.38. The number of carbonyl (C=O) groups is 2. The van der Waals surface area contributed by atoms with Crippen LogP contribution in [0.5, 0.6) is 0 Å². The van der Waals surface area contributed by atoms with Crippen molar-refractivity contribution in [1.29, 1.82) is 0 Å². The Labute approximate surface area is 122 Å². The van der Waals surface area contributed by atoms with Crippen molar-refractivity contribution in [2.75, 3.05) is 26.8 Å². The third-order valence-corrected chi connectivity index (χ3v) is 4.44. The van der Waals surface area contributed by atoms with Gasteiger partial charge >= 0.3 is 0 Å². The van der Waals surface area contributed by atoms with Gasteiger partial charge in [-0.3, -0.25) is 9.59 Å². The van der Waals surface area contributed by atoms with Crippen molar-refractivity contribution in [2.45, 2.75) is 19.3 Å². The molecule has 1 aliphatic rings. The summed E-state index contributed by atoms with van der Waals surface area (Å²) in [6.07, 6.45) is 0.886. The lowest BCUT2D eigenvalue weighted by molar-refractivity contribution is -0.126. The van der Waals surface area contributed by atoms with E-state index in [-0.39, 0.29) is 24.3 Å². The fourth-order valence-corrected chi connectivity index (χ4v) is 3.16. The summed E-state index contributed by atoms with van der Waals surface area (Å²) >= 11 is 1.74. The zero-order chi connectivity index (χ0) is 14.5. The number of thiophene rings is 1. The Balaban J connectivity index is 1.68. The molecule has 2 amide bonds. The second-order valence-electron chi connectivity index (χ2n) is 4.96. The molecular formula is C14H20N2O3S. The lowest BCUT2D eigenvalue weighted by atomic mass is 10.2. The van der Waals surface area contributed by atoms with E-state index in [2.05, 4.69) is 29.7 Å². The van der Waals surface area contributed by atoms with Crippen molar-refractivity contribution >= 4 is 23.2 Å². The molecule has 0 saturated heterocycles. The first-order chi connectivity index (χ1) is 9.61. The molecule has 1 aliphatic carbocycles. The van der Waals surface area contributed by atoms with Crippen LogP contribution in [-0.4, -0.2) is 38.6 Å².